The minimum atomic E-state index is -0.273. The van der Waals surface area contributed by atoms with E-state index in [2.05, 4.69) is 10.6 Å². The Morgan fingerprint density at radius 2 is 1.91 bits per heavy atom. The van der Waals surface area contributed by atoms with Crippen LogP contribution >= 0.6 is 0 Å². The molecule has 0 unspecified atom stereocenters. The van der Waals surface area contributed by atoms with E-state index in [9.17, 15) is 9.18 Å². The van der Waals surface area contributed by atoms with Crippen LogP contribution in [0.5, 0.6) is 5.75 Å². The zero-order valence-corrected chi connectivity index (χ0v) is 13.6. The van der Waals surface area contributed by atoms with Crippen LogP contribution in [0.2, 0.25) is 0 Å². The molecule has 0 saturated heterocycles. The van der Waals surface area contributed by atoms with Crippen molar-refractivity contribution in [3.8, 4) is 5.75 Å². The number of fused-ring (bicyclic) bond motifs is 1. The Bertz CT molecular complexity index is 556. The lowest BCUT2D eigenvalue weighted by Gasteiger charge is -2.32. The van der Waals surface area contributed by atoms with Gasteiger partial charge in [0.25, 0.3) is 0 Å². The molecule has 4 nitrogen and oxygen atoms in total. The molecule has 1 aliphatic carbocycles. The van der Waals surface area contributed by atoms with Crippen LogP contribution in [-0.4, -0.2) is 24.6 Å². The van der Waals surface area contributed by atoms with E-state index in [1.165, 1.54) is 6.07 Å². The highest BCUT2D eigenvalue weighted by molar-refractivity contribution is 5.73. The number of amides is 1. The highest BCUT2D eigenvalue weighted by Crippen LogP contribution is 2.34. The molecule has 1 aliphatic heterocycles. The van der Waals surface area contributed by atoms with E-state index in [-0.39, 0.29) is 17.8 Å². The predicted molar refractivity (Wildman–Crippen MR) is 86.9 cm³/mol. The van der Waals surface area contributed by atoms with Gasteiger partial charge in [0.15, 0.2) is 11.6 Å². The van der Waals surface area contributed by atoms with Gasteiger partial charge in [-0.1, -0.05) is 12.1 Å². The zero-order valence-electron chi connectivity index (χ0n) is 13.6. The summed E-state index contributed by atoms with van der Waals surface area (Å²) in [6, 6.07) is 6.03. The van der Waals surface area contributed by atoms with Crippen molar-refractivity contribution in [2.45, 2.75) is 63.6 Å². The van der Waals surface area contributed by atoms with Gasteiger partial charge in [-0.25, -0.2) is 4.39 Å². The third-order valence-electron chi connectivity index (χ3n) is 4.83. The van der Waals surface area contributed by atoms with Gasteiger partial charge in [0.05, 0.1) is 6.61 Å². The number of ether oxygens (including phenoxy) is 1. The van der Waals surface area contributed by atoms with Gasteiger partial charge >= 0.3 is 0 Å². The number of para-hydroxylation sites is 1. The van der Waals surface area contributed by atoms with Gasteiger partial charge < -0.3 is 15.4 Å². The van der Waals surface area contributed by atoms with Crippen LogP contribution in [-0.2, 0) is 4.79 Å². The summed E-state index contributed by atoms with van der Waals surface area (Å²) in [6.45, 7) is 2.14. The number of benzene rings is 1. The van der Waals surface area contributed by atoms with Crippen LogP contribution < -0.4 is 15.4 Å². The van der Waals surface area contributed by atoms with Crippen molar-refractivity contribution in [3.63, 3.8) is 0 Å². The largest absolute Gasteiger partial charge is 0.490 e. The number of nitrogens with one attached hydrogen (secondary N) is 2. The fraction of sp³-hybridized carbons (Fsp3) is 0.611. The van der Waals surface area contributed by atoms with Crippen LogP contribution in [0.15, 0.2) is 18.2 Å². The first kappa shape index (κ1) is 16.2. The zero-order chi connectivity index (χ0) is 16.2. The number of rotatable bonds is 3. The van der Waals surface area contributed by atoms with Crippen LogP contribution in [0.1, 0.15) is 57.1 Å². The van der Waals surface area contributed by atoms with E-state index in [0.29, 0.717) is 24.4 Å². The molecule has 2 aliphatic rings. The average molecular weight is 320 g/mol. The van der Waals surface area contributed by atoms with Crippen molar-refractivity contribution in [2.75, 3.05) is 6.61 Å². The quantitative estimate of drug-likeness (QED) is 0.900. The first-order chi connectivity index (χ1) is 11.1. The standard InChI is InChI=1S/C18H25FN2O2/c1-12(22)20-13-7-9-14(10-8-13)21-17-6-3-11-23-18-15(17)4-2-5-16(18)19/h2,4-5,13-14,17,21H,3,6-11H2,1H3,(H,20,22)/t13?,14?,17-/m1/s1. The molecule has 0 bridgehead atoms. The minimum Gasteiger partial charge on any atom is -0.490 e. The summed E-state index contributed by atoms with van der Waals surface area (Å²) < 4.78 is 19.6. The van der Waals surface area contributed by atoms with Gasteiger partial charge in [-0.2, -0.15) is 0 Å². The number of hydrogen-bond donors (Lipinski definition) is 2. The summed E-state index contributed by atoms with van der Waals surface area (Å²) in [5.41, 5.74) is 0.937. The number of carbonyl (C=O) groups excluding carboxylic acids is 1. The summed E-state index contributed by atoms with van der Waals surface area (Å²) in [5.74, 6) is 0.187. The van der Waals surface area contributed by atoms with Gasteiger partial charge in [-0.05, 0) is 44.6 Å². The molecule has 23 heavy (non-hydrogen) atoms. The topological polar surface area (TPSA) is 50.4 Å². The second kappa shape index (κ2) is 7.30. The Hall–Kier alpha value is -1.62. The Balaban J connectivity index is 1.63. The molecule has 0 spiro atoms. The van der Waals surface area contributed by atoms with Gasteiger partial charge in [-0.3, -0.25) is 4.79 Å². The monoisotopic (exact) mass is 320 g/mol. The highest BCUT2D eigenvalue weighted by atomic mass is 19.1. The molecule has 1 atom stereocenters. The van der Waals surface area contributed by atoms with Gasteiger partial charge in [-0.15, -0.1) is 0 Å². The molecule has 2 N–H and O–H groups in total. The molecule has 1 aromatic rings. The second-order valence-corrected chi connectivity index (χ2v) is 6.62. The Morgan fingerprint density at radius 1 is 1.17 bits per heavy atom. The SMILES string of the molecule is CC(=O)NC1CCC(N[C@@H]2CCCOc3c(F)cccc32)CC1. The van der Waals surface area contributed by atoms with E-state index >= 15 is 0 Å². The second-order valence-electron chi connectivity index (χ2n) is 6.62. The van der Waals surface area contributed by atoms with Crippen molar-refractivity contribution in [1.29, 1.82) is 0 Å². The number of halogens is 1. The highest BCUT2D eigenvalue weighted by Gasteiger charge is 2.27. The smallest absolute Gasteiger partial charge is 0.217 e. The molecule has 1 fully saturated rings. The lowest BCUT2D eigenvalue weighted by molar-refractivity contribution is -0.119. The third-order valence-corrected chi connectivity index (χ3v) is 4.83. The molecular weight excluding hydrogens is 295 g/mol. The Kier molecular flexibility index (Phi) is 5.16. The molecule has 5 heteroatoms. The maximum Gasteiger partial charge on any atom is 0.217 e. The summed E-state index contributed by atoms with van der Waals surface area (Å²) >= 11 is 0. The van der Waals surface area contributed by atoms with E-state index in [1.807, 2.05) is 6.07 Å². The van der Waals surface area contributed by atoms with E-state index in [0.717, 1.165) is 44.1 Å². The van der Waals surface area contributed by atoms with Crippen molar-refractivity contribution in [2.24, 2.45) is 0 Å². The molecule has 1 saturated carbocycles. The van der Waals surface area contributed by atoms with E-state index in [4.69, 9.17) is 4.74 Å². The fourth-order valence-corrected chi connectivity index (χ4v) is 3.72. The first-order valence-electron chi connectivity index (χ1n) is 8.58. The maximum atomic E-state index is 14.0. The van der Waals surface area contributed by atoms with Crippen LogP contribution in [0.25, 0.3) is 0 Å². The fourth-order valence-electron chi connectivity index (χ4n) is 3.72. The summed E-state index contributed by atoms with van der Waals surface area (Å²) in [7, 11) is 0. The van der Waals surface area contributed by atoms with Crippen molar-refractivity contribution >= 4 is 5.91 Å². The molecule has 0 radical (unpaired) electrons. The van der Waals surface area contributed by atoms with Crippen LogP contribution in [0.3, 0.4) is 0 Å². The molecular formula is C18H25FN2O2. The molecule has 1 aromatic carbocycles. The molecule has 0 aromatic heterocycles. The lowest BCUT2D eigenvalue weighted by Crippen LogP contribution is -2.42. The molecule has 126 valence electrons. The van der Waals surface area contributed by atoms with Gasteiger partial charge in [0, 0.05) is 30.6 Å². The molecule has 1 amide bonds. The van der Waals surface area contributed by atoms with Gasteiger partial charge in [0.1, 0.15) is 0 Å². The predicted octanol–water partition coefficient (Wildman–Crippen LogP) is 3.08. The average Bonchev–Trinajstić information content (AvgIpc) is 2.73. The number of hydrogen-bond acceptors (Lipinski definition) is 3. The lowest BCUT2D eigenvalue weighted by atomic mass is 9.89. The summed E-state index contributed by atoms with van der Waals surface area (Å²) in [4.78, 5) is 11.1. The van der Waals surface area contributed by atoms with Crippen molar-refractivity contribution < 1.29 is 13.9 Å². The maximum absolute atomic E-state index is 14.0. The number of carbonyl (C=O) groups is 1. The summed E-state index contributed by atoms with van der Waals surface area (Å²) in [6.07, 6.45) is 5.95. The van der Waals surface area contributed by atoms with E-state index < -0.39 is 0 Å². The van der Waals surface area contributed by atoms with Crippen LogP contribution in [0.4, 0.5) is 4.39 Å². The first-order valence-corrected chi connectivity index (χ1v) is 8.58. The Morgan fingerprint density at radius 3 is 2.65 bits per heavy atom. The van der Waals surface area contributed by atoms with Crippen molar-refractivity contribution in [1.82, 2.24) is 10.6 Å². The van der Waals surface area contributed by atoms with Crippen molar-refractivity contribution in [3.05, 3.63) is 29.6 Å². The molecule has 1 heterocycles. The minimum absolute atomic E-state index is 0.0479. The van der Waals surface area contributed by atoms with E-state index in [1.54, 1.807) is 13.0 Å². The molecule has 3 rings (SSSR count). The Labute approximate surface area is 136 Å². The summed E-state index contributed by atoms with van der Waals surface area (Å²) in [5, 5.41) is 6.70. The van der Waals surface area contributed by atoms with Crippen LogP contribution in [0, 0.1) is 5.82 Å². The third kappa shape index (κ3) is 4.02. The van der Waals surface area contributed by atoms with Gasteiger partial charge in [0.2, 0.25) is 5.91 Å². The normalized spacial score (nSPS) is 27.5.